The summed E-state index contributed by atoms with van der Waals surface area (Å²) in [4.78, 5) is 11.0. The minimum Gasteiger partial charge on any atom is -0.326 e. The lowest BCUT2D eigenvalue weighted by Gasteiger charge is -2.00. The number of fused-ring (bicyclic) bond motifs is 1. The summed E-state index contributed by atoms with van der Waals surface area (Å²) < 4.78 is 0. The Morgan fingerprint density at radius 3 is 2.71 bits per heavy atom. The van der Waals surface area contributed by atoms with Crippen molar-refractivity contribution in [1.82, 2.24) is 0 Å². The molecule has 0 atom stereocenters. The van der Waals surface area contributed by atoms with Gasteiger partial charge in [-0.15, -0.1) is 0 Å². The van der Waals surface area contributed by atoms with Crippen LogP contribution in [0.1, 0.15) is 31.9 Å². The highest BCUT2D eigenvalue weighted by atomic mass is 16.1. The van der Waals surface area contributed by atoms with E-state index in [1.165, 1.54) is 5.56 Å². The molecule has 2 heteroatoms. The van der Waals surface area contributed by atoms with Gasteiger partial charge in [-0.1, -0.05) is 32.9 Å². The fraction of sp³-hybridized carbons (Fsp3) is 0.417. The van der Waals surface area contributed by atoms with Crippen LogP contribution in [0.5, 0.6) is 0 Å². The van der Waals surface area contributed by atoms with E-state index in [2.05, 4.69) is 24.4 Å². The Balaban J connectivity index is 0.000000461. The molecule has 1 aromatic rings. The second-order valence-electron chi connectivity index (χ2n) is 3.07. The number of amides is 1. The van der Waals surface area contributed by atoms with Crippen LogP contribution in [0.4, 0.5) is 5.69 Å². The molecule has 1 heterocycles. The molecule has 2 nitrogen and oxygen atoms in total. The SMILES string of the molecule is CC.CCc1ccc2c(c1)CC(=O)N2. The highest BCUT2D eigenvalue weighted by Crippen LogP contribution is 2.23. The lowest BCUT2D eigenvalue weighted by molar-refractivity contribution is -0.115. The van der Waals surface area contributed by atoms with Crippen molar-refractivity contribution in [3.8, 4) is 0 Å². The smallest absolute Gasteiger partial charge is 0.228 e. The summed E-state index contributed by atoms with van der Waals surface area (Å²) in [6.07, 6.45) is 1.57. The fourth-order valence-electron chi connectivity index (χ4n) is 1.50. The summed E-state index contributed by atoms with van der Waals surface area (Å²) in [6, 6.07) is 6.15. The van der Waals surface area contributed by atoms with Gasteiger partial charge < -0.3 is 5.32 Å². The molecule has 2 rings (SSSR count). The highest BCUT2D eigenvalue weighted by Gasteiger charge is 2.16. The van der Waals surface area contributed by atoms with E-state index >= 15 is 0 Å². The molecule has 1 aliphatic rings. The van der Waals surface area contributed by atoms with E-state index in [4.69, 9.17) is 0 Å². The van der Waals surface area contributed by atoms with Crippen molar-refractivity contribution in [2.45, 2.75) is 33.6 Å². The topological polar surface area (TPSA) is 29.1 Å². The summed E-state index contributed by atoms with van der Waals surface area (Å²) in [5.74, 6) is 0.109. The van der Waals surface area contributed by atoms with E-state index in [1.807, 2.05) is 19.9 Å². The molecule has 0 aliphatic carbocycles. The van der Waals surface area contributed by atoms with Crippen LogP contribution in [0.2, 0.25) is 0 Å². The van der Waals surface area contributed by atoms with Crippen LogP contribution < -0.4 is 5.32 Å². The van der Waals surface area contributed by atoms with E-state index in [-0.39, 0.29) is 5.91 Å². The van der Waals surface area contributed by atoms with Crippen molar-refractivity contribution in [3.05, 3.63) is 29.3 Å². The first-order valence-corrected chi connectivity index (χ1v) is 5.21. The molecule has 14 heavy (non-hydrogen) atoms. The second kappa shape index (κ2) is 4.80. The quantitative estimate of drug-likeness (QED) is 0.726. The fourth-order valence-corrected chi connectivity index (χ4v) is 1.50. The summed E-state index contributed by atoms with van der Waals surface area (Å²) in [6.45, 7) is 6.12. The maximum Gasteiger partial charge on any atom is 0.228 e. The molecule has 0 fully saturated rings. The maximum atomic E-state index is 11.0. The van der Waals surface area contributed by atoms with Gasteiger partial charge in [0.25, 0.3) is 0 Å². The van der Waals surface area contributed by atoms with Gasteiger partial charge in [0.2, 0.25) is 5.91 Å². The third kappa shape index (κ3) is 2.13. The van der Waals surface area contributed by atoms with Crippen molar-refractivity contribution >= 4 is 11.6 Å². The Morgan fingerprint density at radius 1 is 1.36 bits per heavy atom. The van der Waals surface area contributed by atoms with Crippen LogP contribution >= 0.6 is 0 Å². The van der Waals surface area contributed by atoms with Gasteiger partial charge in [0.15, 0.2) is 0 Å². The number of benzene rings is 1. The number of anilines is 1. The van der Waals surface area contributed by atoms with Gasteiger partial charge in [0, 0.05) is 5.69 Å². The minimum absolute atomic E-state index is 0.109. The first kappa shape index (κ1) is 10.8. The van der Waals surface area contributed by atoms with Gasteiger partial charge in [-0.25, -0.2) is 0 Å². The predicted molar refractivity (Wildman–Crippen MR) is 59.5 cm³/mol. The molecule has 0 radical (unpaired) electrons. The molecule has 0 unspecified atom stereocenters. The lowest BCUT2D eigenvalue weighted by Crippen LogP contribution is -2.03. The van der Waals surface area contributed by atoms with Crippen LogP contribution in [-0.4, -0.2) is 5.91 Å². The molecular weight excluding hydrogens is 174 g/mol. The molecule has 0 aromatic heterocycles. The second-order valence-corrected chi connectivity index (χ2v) is 3.07. The summed E-state index contributed by atoms with van der Waals surface area (Å²) in [7, 11) is 0. The highest BCUT2D eigenvalue weighted by molar-refractivity contribution is 5.99. The summed E-state index contributed by atoms with van der Waals surface area (Å²) in [5.41, 5.74) is 3.42. The first-order chi connectivity index (χ1) is 6.79. The van der Waals surface area contributed by atoms with Gasteiger partial charge >= 0.3 is 0 Å². The number of carbonyl (C=O) groups is 1. The molecule has 0 spiro atoms. The molecule has 1 aromatic carbocycles. The predicted octanol–water partition coefficient (Wildman–Crippen LogP) is 2.77. The number of hydrogen-bond donors (Lipinski definition) is 1. The number of aryl methyl sites for hydroxylation is 1. The van der Waals surface area contributed by atoms with Crippen LogP contribution in [0, 0.1) is 0 Å². The number of carbonyl (C=O) groups excluding carboxylic acids is 1. The number of nitrogens with one attached hydrogen (secondary N) is 1. The molecular formula is C12H17NO. The van der Waals surface area contributed by atoms with Crippen molar-refractivity contribution in [3.63, 3.8) is 0 Å². The summed E-state index contributed by atoms with van der Waals surface area (Å²) in [5, 5.41) is 2.81. The minimum atomic E-state index is 0.109. The van der Waals surface area contributed by atoms with Crippen molar-refractivity contribution in [2.75, 3.05) is 5.32 Å². The molecule has 76 valence electrons. The van der Waals surface area contributed by atoms with Gasteiger partial charge in [0.1, 0.15) is 0 Å². The third-order valence-corrected chi connectivity index (χ3v) is 2.20. The van der Waals surface area contributed by atoms with Crippen molar-refractivity contribution in [2.24, 2.45) is 0 Å². The van der Waals surface area contributed by atoms with Gasteiger partial charge in [-0.3, -0.25) is 4.79 Å². The molecule has 0 bridgehead atoms. The third-order valence-electron chi connectivity index (χ3n) is 2.20. The van der Waals surface area contributed by atoms with E-state index in [0.717, 1.165) is 17.7 Å². The van der Waals surface area contributed by atoms with Crippen LogP contribution in [0.25, 0.3) is 0 Å². The molecule has 1 amide bonds. The van der Waals surface area contributed by atoms with Crippen molar-refractivity contribution in [1.29, 1.82) is 0 Å². The monoisotopic (exact) mass is 191 g/mol. The molecule has 1 aliphatic heterocycles. The van der Waals surface area contributed by atoms with Gasteiger partial charge in [-0.2, -0.15) is 0 Å². The van der Waals surface area contributed by atoms with Gasteiger partial charge in [-0.05, 0) is 23.6 Å². The Labute approximate surface area is 85.3 Å². The molecule has 0 saturated carbocycles. The van der Waals surface area contributed by atoms with Crippen LogP contribution in [-0.2, 0) is 17.6 Å². The van der Waals surface area contributed by atoms with E-state index in [1.54, 1.807) is 0 Å². The van der Waals surface area contributed by atoms with Crippen molar-refractivity contribution < 1.29 is 4.79 Å². The summed E-state index contributed by atoms with van der Waals surface area (Å²) >= 11 is 0. The van der Waals surface area contributed by atoms with Gasteiger partial charge in [0.05, 0.1) is 6.42 Å². The average molecular weight is 191 g/mol. The Hall–Kier alpha value is -1.31. The lowest BCUT2D eigenvalue weighted by atomic mass is 10.1. The number of rotatable bonds is 1. The number of hydrogen-bond acceptors (Lipinski definition) is 1. The normalized spacial score (nSPS) is 12.6. The Kier molecular flexibility index (Phi) is 3.69. The zero-order valence-electron chi connectivity index (χ0n) is 9.05. The average Bonchev–Trinajstić information content (AvgIpc) is 2.59. The van der Waals surface area contributed by atoms with Crippen LogP contribution in [0.15, 0.2) is 18.2 Å². The van der Waals surface area contributed by atoms with E-state index in [9.17, 15) is 4.79 Å². The van der Waals surface area contributed by atoms with Crippen LogP contribution in [0.3, 0.4) is 0 Å². The largest absolute Gasteiger partial charge is 0.326 e. The zero-order chi connectivity index (χ0) is 10.6. The Morgan fingerprint density at radius 2 is 2.07 bits per heavy atom. The zero-order valence-corrected chi connectivity index (χ0v) is 9.05. The van der Waals surface area contributed by atoms with E-state index < -0.39 is 0 Å². The molecule has 1 N–H and O–H groups in total. The maximum absolute atomic E-state index is 11.0. The van der Waals surface area contributed by atoms with E-state index in [0.29, 0.717) is 6.42 Å². The first-order valence-electron chi connectivity index (χ1n) is 5.21. The standard InChI is InChI=1S/C10H11NO.C2H6/c1-2-7-3-4-9-8(5-7)6-10(12)11-9;1-2/h3-5H,2,6H2,1H3,(H,11,12);1-2H3. The molecule has 0 saturated heterocycles. The Bertz CT molecular complexity index is 331.